The number of ether oxygens (including phenoxy) is 2. The Hall–Kier alpha value is -1.48. The smallest absolute Gasteiger partial charge is 0.231 e. The first-order valence-corrected chi connectivity index (χ1v) is 5.49. The molecule has 0 saturated heterocycles. The van der Waals surface area contributed by atoms with E-state index in [0.29, 0.717) is 6.79 Å². The Morgan fingerprint density at radius 1 is 1.38 bits per heavy atom. The second kappa shape index (κ2) is 5.03. The topological polar surface area (TPSA) is 30.5 Å². The van der Waals surface area contributed by atoms with Crippen LogP contribution in [0.15, 0.2) is 29.8 Å². The van der Waals surface area contributed by atoms with E-state index in [1.807, 2.05) is 12.1 Å². The molecule has 0 aliphatic carbocycles. The van der Waals surface area contributed by atoms with Crippen LogP contribution in [0.2, 0.25) is 0 Å². The van der Waals surface area contributed by atoms with Gasteiger partial charge in [0.25, 0.3) is 0 Å². The molecule has 0 fully saturated rings. The predicted octanol–water partition coefficient (Wildman–Crippen LogP) is 2.47. The summed E-state index contributed by atoms with van der Waals surface area (Å²) < 4.78 is 10.8. The van der Waals surface area contributed by atoms with E-state index < -0.39 is 0 Å². The molecule has 1 heterocycles. The molecular weight excluding hydrogens is 202 g/mol. The average Bonchev–Trinajstić information content (AvgIpc) is 2.72. The van der Waals surface area contributed by atoms with Crippen molar-refractivity contribution in [1.82, 2.24) is 5.32 Å². The number of hydrogen-bond donors (Lipinski definition) is 1. The fourth-order valence-electron chi connectivity index (χ4n) is 1.61. The lowest BCUT2D eigenvalue weighted by Gasteiger charge is -2.06. The molecule has 0 amide bonds. The Balaban J connectivity index is 1.95. The Morgan fingerprint density at radius 2 is 2.25 bits per heavy atom. The molecular formula is C13H17NO2. The van der Waals surface area contributed by atoms with Crippen LogP contribution in [0.3, 0.4) is 0 Å². The summed E-state index contributed by atoms with van der Waals surface area (Å²) in [6, 6.07) is 5.98. The Kier molecular flexibility index (Phi) is 3.47. The standard InChI is InChI=1S/C13H17NO2/c1-10(2)6-7-14-8-11-4-3-5-12-13(11)16-9-15-12/h3-6,14H,7-9H2,1-2H3. The molecule has 3 heteroatoms. The molecule has 0 bridgehead atoms. The summed E-state index contributed by atoms with van der Waals surface area (Å²) in [5, 5.41) is 3.35. The van der Waals surface area contributed by atoms with E-state index in [1.165, 1.54) is 5.57 Å². The fraction of sp³-hybridized carbons (Fsp3) is 0.385. The number of rotatable bonds is 4. The molecule has 86 valence electrons. The summed E-state index contributed by atoms with van der Waals surface area (Å²) >= 11 is 0. The van der Waals surface area contributed by atoms with Gasteiger partial charge in [-0.1, -0.05) is 23.8 Å². The van der Waals surface area contributed by atoms with Crippen molar-refractivity contribution in [2.75, 3.05) is 13.3 Å². The van der Waals surface area contributed by atoms with Gasteiger partial charge in [-0.05, 0) is 19.9 Å². The van der Waals surface area contributed by atoms with Crippen LogP contribution in [0.5, 0.6) is 11.5 Å². The van der Waals surface area contributed by atoms with Gasteiger partial charge in [0.2, 0.25) is 6.79 Å². The zero-order valence-corrected chi connectivity index (χ0v) is 9.75. The maximum Gasteiger partial charge on any atom is 0.231 e. The van der Waals surface area contributed by atoms with Crippen molar-refractivity contribution in [3.8, 4) is 11.5 Å². The first kappa shape index (κ1) is 11.0. The first-order valence-electron chi connectivity index (χ1n) is 5.49. The lowest BCUT2D eigenvalue weighted by Crippen LogP contribution is -2.13. The van der Waals surface area contributed by atoms with Crippen molar-refractivity contribution < 1.29 is 9.47 Å². The number of hydrogen-bond acceptors (Lipinski definition) is 3. The van der Waals surface area contributed by atoms with Crippen molar-refractivity contribution >= 4 is 0 Å². The number of para-hydroxylation sites is 1. The zero-order chi connectivity index (χ0) is 11.4. The van der Waals surface area contributed by atoms with Gasteiger partial charge in [0.15, 0.2) is 11.5 Å². The quantitative estimate of drug-likeness (QED) is 0.623. The molecule has 0 aromatic heterocycles. The highest BCUT2D eigenvalue weighted by Crippen LogP contribution is 2.35. The third-order valence-electron chi connectivity index (χ3n) is 2.45. The lowest BCUT2D eigenvalue weighted by atomic mass is 10.2. The van der Waals surface area contributed by atoms with Crippen molar-refractivity contribution in [3.05, 3.63) is 35.4 Å². The highest BCUT2D eigenvalue weighted by atomic mass is 16.7. The zero-order valence-electron chi connectivity index (χ0n) is 9.75. The summed E-state index contributed by atoms with van der Waals surface area (Å²) in [5.41, 5.74) is 2.47. The van der Waals surface area contributed by atoms with Crippen LogP contribution in [0.1, 0.15) is 19.4 Å². The van der Waals surface area contributed by atoms with Gasteiger partial charge in [0, 0.05) is 18.7 Å². The Bertz CT molecular complexity index is 395. The minimum absolute atomic E-state index is 0.334. The molecule has 0 atom stereocenters. The van der Waals surface area contributed by atoms with Crippen LogP contribution in [0.4, 0.5) is 0 Å². The molecule has 3 nitrogen and oxygen atoms in total. The summed E-state index contributed by atoms with van der Waals surface area (Å²) in [6.45, 7) is 6.21. The van der Waals surface area contributed by atoms with Crippen molar-refractivity contribution in [3.63, 3.8) is 0 Å². The van der Waals surface area contributed by atoms with Crippen molar-refractivity contribution in [1.29, 1.82) is 0 Å². The van der Waals surface area contributed by atoms with Gasteiger partial charge in [-0.3, -0.25) is 0 Å². The first-order chi connectivity index (χ1) is 7.77. The summed E-state index contributed by atoms with van der Waals surface area (Å²) in [6.07, 6.45) is 2.17. The Labute approximate surface area is 96.1 Å². The van der Waals surface area contributed by atoms with E-state index in [4.69, 9.17) is 9.47 Å². The minimum Gasteiger partial charge on any atom is -0.454 e. The molecule has 1 aromatic rings. The largest absolute Gasteiger partial charge is 0.454 e. The number of benzene rings is 1. The van der Waals surface area contributed by atoms with Crippen LogP contribution in [0.25, 0.3) is 0 Å². The maximum atomic E-state index is 5.43. The number of allylic oxidation sites excluding steroid dienone is 1. The van der Waals surface area contributed by atoms with E-state index in [1.54, 1.807) is 0 Å². The van der Waals surface area contributed by atoms with Gasteiger partial charge >= 0.3 is 0 Å². The number of nitrogens with one attached hydrogen (secondary N) is 1. The highest BCUT2D eigenvalue weighted by Gasteiger charge is 2.16. The van der Waals surface area contributed by atoms with Crippen LogP contribution in [-0.2, 0) is 6.54 Å². The Morgan fingerprint density at radius 3 is 3.06 bits per heavy atom. The molecule has 0 spiro atoms. The monoisotopic (exact) mass is 219 g/mol. The molecule has 0 unspecified atom stereocenters. The van der Waals surface area contributed by atoms with Crippen LogP contribution >= 0.6 is 0 Å². The van der Waals surface area contributed by atoms with E-state index in [2.05, 4.69) is 31.3 Å². The van der Waals surface area contributed by atoms with Gasteiger partial charge < -0.3 is 14.8 Å². The average molecular weight is 219 g/mol. The van der Waals surface area contributed by atoms with Gasteiger partial charge in [-0.15, -0.1) is 0 Å². The molecule has 1 N–H and O–H groups in total. The van der Waals surface area contributed by atoms with Gasteiger partial charge in [0.05, 0.1) is 0 Å². The van der Waals surface area contributed by atoms with Crippen LogP contribution in [-0.4, -0.2) is 13.3 Å². The predicted molar refractivity (Wildman–Crippen MR) is 63.7 cm³/mol. The van der Waals surface area contributed by atoms with Crippen molar-refractivity contribution in [2.24, 2.45) is 0 Å². The van der Waals surface area contributed by atoms with E-state index in [9.17, 15) is 0 Å². The third kappa shape index (κ3) is 2.55. The van der Waals surface area contributed by atoms with Gasteiger partial charge in [-0.25, -0.2) is 0 Å². The lowest BCUT2D eigenvalue weighted by molar-refractivity contribution is 0.173. The fourth-order valence-corrected chi connectivity index (χ4v) is 1.61. The van der Waals surface area contributed by atoms with E-state index in [0.717, 1.165) is 30.2 Å². The van der Waals surface area contributed by atoms with E-state index >= 15 is 0 Å². The number of fused-ring (bicyclic) bond motifs is 1. The SMILES string of the molecule is CC(C)=CCNCc1cccc2c1OCO2. The molecule has 1 aliphatic rings. The minimum atomic E-state index is 0.334. The van der Waals surface area contributed by atoms with Crippen LogP contribution < -0.4 is 14.8 Å². The van der Waals surface area contributed by atoms with Gasteiger partial charge in [-0.2, -0.15) is 0 Å². The third-order valence-corrected chi connectivity index (χ3v) is 2.45. The second-order valence-electron chi connectivity index (χ2n) is 4.06. The molecule has 0 radical (unpaired) electrons. The highest BCUT2D eigenvalue weighted by molar-refractivity contribution is 5.48. The van der Waals surface area contributed by atoms with Crippen molar-refractivity contribution in [2.45, 2.75) is 20.4 Å². The molecule has 2 rings (SSSR count). The van der Waals surface area contributed by atoms with Gasteiger partial charge in [0.1, 0.15) is 0 Å². The summed E-state index contributed by atoms with van der Waals surface area (Å²) in [5.74, 6) is 1.73. The van der Waals surface area contributed by atoms with E-state index in [-0.39, 0.29) is 0 Å². The van der Waals surface area contributed by atoms with Crippen LogP contribution in [0, 0.1) is 0 Å². The molecule has 16 heavy (non-hydrogen) atoms. The molecule has 1 aliphatic heterocycles. The maximum absolute atomic E-state index is 5.43. The summed E-state index contributed by atoms with van der Waals surface area (Å²) in [4.78, 5) is 0. The summed E-state index contributed by atoms with van der Waals surface area (Å²) in [7, 11) is 0. The normalized spacial score (nSPS) is 12.6. The molecule has 1 aromatic carbocycles. The second-order valence-corrected chi connectivity index (χ2v) is 4.06. The molecule has 0 saturated carbocycles.